The molecule has 0 fully saturated rings. The summed E-state index contributed by atoms with van der Waals surface area (Å²) >= 11 is 1.75. The zero-order chi connectivity index (χ0) is 7.68. The van der Waals surface area contributed by atoms with Gasteiger partial charge in [0.2, 0.25) is 0 Å². The summed E-state index contributed by atoms with van der Waals surface area (Å²) in [5, 5.41) is 14.3. The molecular weight excluding hydrogens is 158 g/mol. The summed E-state index contributed by atoms with van der Waals surface area (Å²) in [5.41, 5.74) is 2.52. The van der Waals surface area contributed by atoms with Crippen molar-refractivity contribution in [3.63, 3.8) is 0 Å². The average molecular weight is 169 g/mol. The van der Waals surface area contributed by atoms with E-state index in [4.69, 9.17) is 5.11 Å². The Balaban J connectivity index is 2.38. The molecule has 0 aliphatic carbocycles. The molecule has 1 aliphatic heterocycles. The Morgan fingerprint density at radius 1 is 1.64 bits per heavy atom. The predicted molar refractivity (Wildman–Crippen MR) is 45.7 cm³/mol. The monoisotopic (exact) mass is 169 g/mol. The predicted octanol–water partition coefficient (Wildman–Crippen LogP) is 0.886. The number of nitrogens with one attached hydrogen (secondary N) is 1. The number of fused-ring (bicyclic) bond motifs is 1. The van der Waals surface area contributed by atoms with Crippen molar-refractivity contribution in [3.8, 4) is 0 Å². The SMILES string of the molecule is OCc1csc2c1CCNC2. The normalized spacial score (nSPS) is 16.5. The Bertz CT molecular complexity index is 243. The smallest absolute Gasteiger partial charge is 0.0692 e. The van der Waals surface area contributed by atoms with E-state index in [1.165, 1.54) is 10.4 Å². The Labute approximate surface area is 69.9 Å². The second kappa shape index (κ2) is 2.93. The molecule has 1 aromatic rings. The van der Waals surface area contributed by atoms with Gasteiger partial charge in [-0.3, -0.25) is 0 Å². The van der Waals surface area contributed by atoms with Gasteiger partial charge in [-0.25, -0.2) is 0 Å². The fourth-order valence-corrected chi connectivity index (χ4v) is 2.52. The van der Waals surface area contributed by atoms with Crippen LogP contribution in [-0.4, -0.2) is 11.7 Å². The molecule has 11 heavy (non-hydrogen) atoms. The largest absolute Gasteiger partial charge is 0.392 e. The zero-order valence-corrected chi connectivity index (χ0v) is 7.08. The molecule has 0 saturated heterocycles. The summed E-state index contributed by atoms with van der Waals surface area (Å²) in [6.45, 7) is 2.24. The molecule has 0 aromatic carbocycles. The van der Waals surface area contributed by atoms with Gasteiger partial charge >= 0.3 is 0 Å². The van der Waals surface area contributed by atoms with Crippen molar-refractivity contribution < 1.29 is 5.11 Å². The first kappa shape index (κ1) is 7.28. The van der Waals surface area contributed by atoms with Crippen LogP contribution in [0.1, 0.15) is 16.0 Å². The van der Waals surface area contributed by atoms with Crippen LogP contribution in [0.2, 0.25) is 0 Å². The van der Waals surface area contributed by atoms with Crippen LogP contribution in [0.3, 0.4) is 0 Å². The van der Waals surface area contributed by atoms with Crippen molar-refractivity contribution in [1.29, 1.82) is 0 Å². The molecular formula is C8H11NOS. The first-order chi connectivity index (χ1) is 5.42. The van der Waals surface area contributed by atoms with E-state index in [-0.39, 0.29) is 6.61 Å². The fourth-order valence-electron chi connectivity index (χ4n) is 1.46. The maximum atomic E-state index is 8.97. The number of aliphatic hydroxyl groups is 1. The minimum absolute atomic E-state index is 0.200. The molecule has 2 N–H and O–H groups in total. The molecule has 0 saturated carbocycles. The van der Waals surface area contributed by atoms with Crippen LogP contribution in [0.5, 0.6) is 0 Å². The average Bonchev–Trinajstić information content (AvgIpc) is 2.47. The summed E-state index contributed by atoms with van der Waals surface area (Å²) in [6, 6.07) is 0. The summed E-state index contributed by atoms with van der Waals surface area (Å²) in [5.74, 6) is 0. The van der Waals surface area contributed by atoms with Crippen molar-refractivity contribution in [2.45, 2.75) is 19.6 Å². The van der Waals surface area contributed by atoms with Crippen LogP contribution in [0.4, 0.5) is 0 Å². The number of rotatable bonds is 1. The lowest BCUT2D eigenvalue weighted by Gasteiger charge is -2.13. The molecule has 3 heteroatoms. The molecule has 1 aromatic heterocycles. The van der Waals surface area contributed by atoms with E-state index in [1.54, 1.807) is 11.3 Å². The Kier molecular flexibility index (Phi) is 1.94. The van der Waals surface area contributed by atoms with Gasteiger partial charge in [0.05, 0.1) is 6.61 Å². The molecule has 0 radical (unpaired) electrons. The summed E-state index contributed by atoms with van der Waals surface area (Å²) in [4.78, 5) is 1.40. The maximum absolute atomic E-state index is 8.97. The minimum Gasteiger partial charge on any atom is -0.392 e. The molecule has 2 rings (SSSR count). The van der Waals surface area contributed by atoms with Crippen molar-refractivity contribution in [3.05, 3.63) is 21.4 Å². The third-order valence-corrected chi connectivity index (χ3v) is 3.15. The first-order valence-electron chi connectivity index (χ1n) is 3.81. The van der Waals surface area contributed by atoms with Gasteiger partial charge in [-0.2, -0.15) is 0 Å². The van der Waals surface area contributed by atoms with Crippen LogP contribution in [0.15, 0.2) is 5.38 Å². The minimum atomic E-state index is 0.200. The quantitative estimate of drug-likeness (QED) is 0.654. The number of hydrogen-bond donors (Lipinski definition) is 2. The van der Waals surface area contributed by atoms with Crippen LogP contribution in [0.25, 0.3) is 0 Å². The second-order valence-electron chi connectivity index (χ2n) is 2.75. The van der Waals surface area contributed by atoms with E-state index in [1.807, 2.05) is 0 Å². The number of aliphatic hydroxyl groups excluding tert-OH is 1. The summed E-state index contributed by atoms with van der Waals surface area (Å²) < 4.78 is 0. The maximum Gasteiger partial charge on any atom is 0.0692 e. The van der Waals surface area contributed by atoms with Gasteiger partial charge in [-0.05, 0) is 29.5 Å². The van der Waals surface area contributed by atoms with Crippen LogP contribution in [0, 0.1) is 0 Å². The van der Waals surface area contributed by atoms with Crippen molar-refractivity contribution in [1.82, 2.24) is 5.32 Å². The van der Waals surface area contributed by atoms with Crippen LogP contribution >= 0.6 is 11.3 Å². The first-order valence-corrected chi connectivity index (χ1v) is 4.69. The second-order valence-corrected chi connectivity index (χ2v) is 3.71. The highest BCUT2D eigenvalue weighted by molar-refractivity contribution is 7.10. The van der Waals surface area contributed by atoms with Crippen molar-refractivity contribution >= 4 is 11.3 Å². The third kappa shape index (κ3) is 1.20. The highest BCUT2D eigenvalue weighted by Crippen LogP contribution is 2.25. The van der Waals surface area contributed by atoms with Crippen molar-refractivity contribution in [2.75, 3.05) is 6.54 Å². The number of hydrogen-bond acceptors (Lipinski definition) is 3. The van der Waals surface area contributed by atoms with Gasteiger partial charge in [-0.15, -0.1) is 11.3 Å². The molecule has 0 unspecified atom stereocenters. The standard InChI is InChI=1S/C8H11NOS/c10-4-6-5-11-8-3-9-2-1-7(6)8/h5,9-10H,1-4H2. The molecule has 0 atom stereocenters. The van der Waals surface area contributed by atoms with Gasteiger partial charge in [0.25, 0.3) is 0 Å². The van der Waals surface area contributed by atoms with Gasteiger partial charge < -0.3 is 10.4 Å². The highest BCUT2D eigenvalue weighted by atomic mass is 32.1. The molecule has 2 heterocycles. The highest BCUT2D eigenvalue weighted by Gasteiger charge is 2.13. The van der Waals surface area contributed by atoms with Gasteiger partial charge in [-0.1, -0.05) is 0 Å². The third-order valence-electron chi connectivity index (χ3n) is 2.08. The van der Waals surface area contributed by atoms with Gasteiger partial charge in [0.1, 0.15) is 0 Å². The molecule has 1 aliphatic rings. The van der Waals surface area contributed by atoms with E-state index in [9.17, 15) is 0 Å². The lowest BCUT2D eigenvalue weighted by atomic mass is 10.1. The molecule has 60 valence electrons. The topological polar surface area (TPSA) is 32.3 Å². The van der Waals surface area contributed by atoms with E-state index in [2.05, 4.69) is 10.7 Å². The number of thiophene rings is 1. The van der Waals surface area contributed by atoms with Gasteiger partial charge in [0.15, 0.2) is 0 Å². The van der Waals surface area contributed by atoms with Crippen molar-refractivity contribution in [2.24, 2.45) is 0 Å². The fraction of sp³-hybridized carbons (Fsp3) is 0.500. The van der Waals surface area contributed by atoms with Crippen LogP contribution in [-0.2, 0) is 19.6 Å². The van der Waals surface area contributed by atoms with E-state index in [0.717, 1.165) is 25.1 Å². The van der Waals surface area contributed by atoms with E-state index < -0.39 is 0 Å². The van der Waals surface area contributed by atoms with E-state index >= 15 is 0 Å². The molecule has 0 spiro atoms. The van der Waals surface area contributed by atoms with Gasteiger partial charge in [0, 0.05) is 11.4 Å². The Morgan fingerprint density at radius 3 is 3.36 bits per heavy atom. The summed E-state index contributed by atoms with van der Waals surface area (Å²) in [6.07, 6.45) is 1.08. The molecule has 0 amide bonds. The van der Waals surface area contributed by atoms with Crippen LogP contribution < -0.4 is 5.32 Å². The lowest BCUT2D eigenvalue weighted by Crippen LogP contribution is -2.22. The molecule has 0 bridgehead atoms. The van der Waals surface area contributed by atoms with E-state index in [0.29, 0.717) is 0 Å². The summed E-state index contributed by atoms with van der Waals surface area (Å²) in [7, 11) is 0. The Hall–Kier alpha value is -0.380. The zero-order valence-electron chi connectivity index (χ0n) is 6.26. The molecule has 2 nitrogen and oxygen atoms in total. The Morgan fingerprint density at radius 2 is 2.55 bits per heavy atom. The lowest BCUT2D eigenvalue weighted by molar-refractivity contribution is 0.281.